The average Bonchev–Trinajstić information content (AvgIpc) is 2.86. The van der Waals surface area contributed by atoms with Crippen LogP contribution in [0.2, 0.25) is 0 Å². The lowest BCUT2D eigenvalue weighted by molar-refractivity contribution is -0.117. The standard InChI is InChI=1S/C20H32O2/c1-3-5-7-8-10-12-19-17(14-16-20(19)22)13-15-18(21)11-9-6-4-2/h8,10,13-19,21H,3-7,9,11-12H2,1-2H3. The van der Waals surface area contributed by atoms with Gasteiger partial charge in [0.1, 0.15) is 0 Å². The molecule has 1 aliphatic rings. The summed E-state index contributed by atoms with van der Waals surface area (Å²) >= 11 is 0. The predicted molar refractivity (Wildman–Crippen MR) is 93.7 cm³/mol. The number of carbonyl (C=O) groups excluding carboxylic acids is 1. The molecule has 3 unspecified atom stereocenters. The van der Waals surface area contributed by atoms with Crippen LogP contribution in [0.15, 0.2) is 36.5 Å². The van der Waals surface area contributed by atoms with E-state index in [1.807, 2.05) is 18.2 Å². The van der Waals surface area contributed by atoms with E-state index in [2.05, 4.69) is 26.0 Å². The second-order valence-corrected chi connectivity index (χ2v) is 6.24. The Balaban J connectivity index is 2.41. The first kappa shape index (κ1) is 18.9. The summed E-state index contributed by atoms with van der Waals surface area (Å²) in [5, 5.41) is 9.95. The maximum Gasteiger partial charge on any atom is 0.159 e. The van der Waals surface area contributed by atoms with Crippen molar-refractivity contribution in [2.24, 2.45) is 11.8 Å². The Labute approximate surface area is 136 Å². The Morgan fingerprint density at radius 1 is 1.18 bits per heavy atom. The van der Waals surface area contributed by atoms with E-state index < -0.39 is 0 Å². The van der Waals surface area contributed by atoms with Crippen LogP contribution in [0.1, 0.15) is 65.2 Å². The molecular weight excluding hydrogens is 272 g/mol. The lowest BCUT2D eigenvalue weighted by Crippen LogP contribution is -2.14. The van der Waals surface area contributed by atoms with E-state index in [0.29, 0.717) is 0 Å². The van der Waals surface area contributed by atoms with Gasteiger partial charge in [-0.1, -0.05) is 76.3 Å². The van der Waals surface area contributed by atoms with Crippen LogP contribution in [0.5, 0.6) is 0 Å². The summed E-state index contributed by atoms with van der Waals surface area (Å²) in [7, 11) is 0. The molecule has 0 bridgehead atoms. The van der Waals surface area contributed by atoms with Gasteiger partial charge >= 0.3 is 0 Å². The molecule has 0 aromatic carbocycles. The second kappa shape index (κ2) is 11.4. The zero-order valence-electron chi connectivity index (χ0n) is 14.2. The molecule has 0 aromatic rings. The van der Waals surface area contributed by atoms with Gasteiger partial charge in [-0.05, 0) is 25.3 Å². The van der Waals surface area contributed by atoms with E-state index in [0.717, 1.165) is 32.1 Å². The first-order chi connectivity index (χ1) is 10.7. The van der Waals surface area contributed by atoms with Gasteiger partial charge in [-0.3, -0.25) is 4.79 Å². The molecule has 0 amide bonds. The molecular formula is C20H32O2. The smallest absolute Gasteiger partial charge is 0.159 e. The summed E-state index contributed by atoms with van der Waals surface area (Å²) in [6.45, 7) is 4.35. The Bertz CT molecular complexity index is 393. The van der Waals surface area contributed by atoms with E-state index in [4.69, 9.17) is 0 Å². The molecule has 1 aliphatic carbocycles. The maximum atomic E-state index is 11.9. The van der Waals surface area contributed by atoms with Crippen molar-refractivity contribution in [2.75, 3.05) is 0 Å². The molecule has 0 spiro atoms. The molecule has 2 nitrogen and oxygen atoms in total. The van der Waals surface area contributed by atoms with Crippen molar-refractivity contribution in [3.05, 3.63) is 36.5 Å². The molecule has 2 heteroatoms. The quantitative estimate of drug-likeness (QED) is 0.431. The largest absolute Gasteiger partial charge is 0.389 e. The van der Waals surface area contributed by atoms with Crippen molar-refractivity contribution in [2.45, 2.75) is 71.3 Å². The third-order valence-corrected chi connectivity index (χ3v) is 4.25. The van der Waals surface area contributed by atoms with Crippen LogP contribution in [0.3, 0.4) is 0 Å². The number of rotatable bonds is 11. The second-order valence-electron chi connectivity index (χ2n) is 6.24. The number of ketones is 1. The van der Waals surface area contributed by atoms with Crippen molar-refractivity contribution in [1.29, 1.82) is 0 Å². The Morgan fingerprint density at radius 3 is 2.68 bits per heavy atom. The first-order valence-corrected chi connectivity index (χ1v) is 8.92. The van der Waals surface area contributed by atoms with Gasteiger partial charge in [-0.2, -0.15) is 0 Å². The van der Waals surface area contributed by atoms with Crippen LogP contribution in [0.25, 0.3) is 0 Å². The summed E-state index contributed by atoms with van der Waals surface area (Å²) in [6.07, 6.45) is 20.0. The number of allylic oxidation sites excluding steroid dienone is 5. The summed E-state index contributed by atoms with van der Waals surface area (Å²) in [5.74, 6) is 0.386. The highest BCUT2D eigenvalue weighted by Gasteiger charge is 2.27. The highest BCUT2D eigenvalue weighted by atomic mass is 16.3. The molecule has 1 rings (SSSR count). The van der Waals surface area contributed by atoms with Gasteiger partial charge in [0.2, 0.25) is 0 Å². The van der Waals surface area contributed by atoms with Crippen molar-refractivity contribution < 1.29 is 9.90 Å². The van der Waals surface area contributed by atoms with Gasteiger partial charge in [0.05, 0.1) is 6.10 Å². The van der Waals surface area contributed by atoms with E-state index in [1.165, 1.54) is 19.3 Å². The van der Waals surface area contributed by atoms with Gasteiger partial charge in [0, 0.05) is 11.8 Å². The summed E-state index contributed by atoms with van der Waals surface area (Å²) in [4.78, 5) is 11.9. The Kier molecular flexibility index (Phi) is 9.81. The van der Waals surface area contributed by atoms with Crippen molar-refractivity contribution in [1.82, 2.24) is 0 Å². The molecule has 22 heavy (non-hydrogen) atoms. The van der Waals surface area contributed by atoms with Crippen LogP contribution in [0, 0.1) is 11.8 Å². The summed E-state index contributed by atoms with van der Waals surface area (Å²) in [6, 6.07) is 0. The Morgan fingerprint density at radius 2 is 1.95 bits per heavy atom. The molecule has 3 atom stereocenters. The molecule has 0 radical (unpaired) electrons. The molecule has 0 aliphatic heterocycles. The predicted octanol–water partition coefficient (Wildman–Crippen LogP) is 4.99. The van der Waals surface area contributed by atoms with Crippen molar-refractivity contribution >= 4 is 5.78 Å². The molecule has 0 aromatic heterocycles. The van der Waals surface area contributed by atoms with Crippen LogP contribution >= 0.6 is 0 Å². The molecule has 1 N–H and O–H groups in total. The third kappa shape index (κ3) is 7.22. The number of hydrogen-bond donors (Lipinski definition) is 1. The van der Waals surface area contributed by atoms with Crippen LogP contribution in [-0.2, 0) is 4.79 Å². The maximum absolute atomic E-state index is 11.9. The van der Waals surface area contributed by atoms with Gasteiger partial charge in [-0.25, -0.2) is 0 Å². The first-order valence-electron chi connectivity index (χ1n) is 8.92. The average molecular weight is 304 g/mol. The molecule has 0 saturated heterocycles. The minimum atomic E-state index is -0.378. The SMILES string of the molecule is CCCCC=CCC1C(=O)C=CC1C=CC(O)CCCCC. The van der Waals surface area contributed by atoms with Gasteiger partial charge in [0.15, 0.2) is 5.78 Å². The highest BCUT2D eigenvalue weighted by molar-refractivity contribution is 5.95. The third-order valence-electron chi connectivity index (χ3n) is 4.25. The van der Waals surface area contributed by atoms with Gasteiger partial charge in [0.25, 0.3) is 0 Å². The van der Waals surface area contributed by atoms with Crippen molar-refractivity contribution in [3.8, 4) is 0 Å². The topological polar surface area (TPSA) is 37.3 Å². The van der Waals surface area contributed by atoms with E-state index in [9.17, 15) is 9.90 Å². The lowest BCUT2D eigenvalue weighted by Gasteiger charge is -2.13. The molecule has 0 saturated carbocycles. The van der Waals surface area contributed by atoms with E-state index >= 15 is 0 Å². The monoisotopic (exact) mass is 304 g/mol. The summed E-state index contributed by atoms with van der Waals surface area (Å²) in [5.41, 5.74) is 0. The molecule has 0 fully saturated rings. The van der Waals surface area contributed by atoms with E-state index in [1.54, 1.807) is 6.08 Å². The number of aliphatic hydroxyl groups excluding tert-OH is 1. The van der Waals surface area contributed by atoms with Crippen LogP contribution < -0.4 is 0 Å². The van der Waals surface area contributed by atoms with Crippen LogP contribution in [-0.4, -0.2) is 17.0 Å². The number of unbranched alkanes of at least 4 members (excludes halogenated alkanes) is 4. The lowest BCUT2D eigenvalue weighted by atomic mass is 9.90. The van der Waals surface area contributed by atoms with Crippen molar-refractivity contribution in [3.63, 3.8) is 0 Å². The highest BCUT2D eigenvalue weighted by Crippen LogP contribution is 2.27. The van der Waals surface area contributed by atoms with Gasteiger partial charge in [-0.15, -0.1) is 0 Å². The fraction of sp³-hybridized carbons (Fsp3) is 0.650. The fourth-order valence-corrected chi connectivity index (χ4v) is 2.76. The molecule has 124 valence electrons. The normalized spacial score (nSPS) is 23.1. The number of hydrogen-bond acceptors (Lipinski definition) is 2. The Hall–Kier alpha value is -1.15. The zero-order chi connectivity index (χ0) is 16.2. The van der Waals surface area contributed by atoms with Crippen LogP contribution in [0.4, 0.5) is 0 Å². The summed E-state index contributed by atoms with van der Waals surface area (Å²) < 4.78 is 0. The molecule has 0 heterocycles. The minimum Gasteiger partial charge on any atom is -0.389 e. The minimum absolute atomic E-state index is 0.0250. The number of aliphatic hydroxyl groups is 1. The zero-order valence-corrected chi connectivity index (χ0v) is 14.2. The fourth-order valence-electron chi connectivity index (χ4n) is 2.76. The van der Waals surface area contributed by atoms with Gasteiger partial charge < -0.3 is 5.11 Å². The van der Waals surface area contributed by atoms with E-state index in [-0.39, 0.29) is 23.7 Å². The number of carbonyl (C=O) groups is 1.